The van der Waals surface area contributed by atoms with E-state index in [1.165, 1.54) is 4.90 Å². The summed E-state index contributed by atoms with van der Waals surface area (Å²) in [5.41, 5.74) is 0.253. The number of carbonyl (C=O) groups is 3. The van der Waals surface area contributed by atoms with E-state index in [1.807, 2.05) is 30.3 Å². The van der Waals surface area contributed by atoms with Crippen molar-refractivity contribution in [3.63, 3.8) is 0 Å². The van der Waals surface area contributed by atoms with Crippen LogP contribution in [0.5, 0.6) is 0 Å². The van der Waals surface area contributed by atoms with Crippen LogP contribution in [-0.2, 0) is 16.0 Å². The Morgan fingerprint density at radius 2 is 1.67 bits per heavy atom. The smallest absolute Gasteiger partial charge is 0.356 e. The fourth-order valence-electron chi connectivity index (χ4n) is 4.26. The number of carboxylic acid groups (broad SMARTS) is 1. The van der Waals surface area contributed by atoms with Crippen molar-refractivity contribution in [2.45, 2.75) is 43.9 Å². The molecule has 2 aromatic carbocycles. The van der Waals surface area contributed by atoms with Crippen LogP contribution in [-0.4, -0.2) is 64.2 Å². The van der Waals surface area contributed by atoms with Gasteiger partial charge in [-0.05, 0) is 37.0 Å². The van der Waals surface area contributed by atoms with Crippen molar-refractivity contribution in [1.82, 2.24) is 10.2 Å². The van der Waals surface area contributed by atoms with Crippen LogP contribution in [0, 0.1) is 5.92 Å². The van der Waals surface area contributed by atoms with Gasteiger partial charge in [0.15, 0.2) is 0 Å². The number of nitrogens with one attached hydrogen (secondary N) is 1. The summed E-state index contributed by atoms with van der Waals surface area (Å²) in [4.78, 5) is 60.8. The van der Waals surface area contributed by atoms with Gasteiger partial charge in [0, 0.05) is 24.1 Å². The van der Waals surface area contributed by atoms with Gasteiger partial charge in [0.05, 0.1) is 5.67 Å². The number of amides is 2. The van der Waals surface area contributed by atoms with Gasteiger partial charge in [-0.15, -0.1) is 0 Å². The molecule has 33 heavy (non-hydrogen) atoms. The van der Waals surface area contributed by atoms with Gasteiger partial charge in [0.2, 0.25) is 5.91 Å². The van der Waals surface area contributed by atoms with Crippen LogP contribution in [0.1, 0.15) is 35.7 Å². The minimum absolute atomic E-state index is 0.195. The standard InChI is InChI=1S/C24H30N2O6Si/c1-17(23(28)26-14-8-13-20(26)24(29)30)16-33(31,32)21(15-18-9-4-2-5-10-18)25-22(27)19-11-6-3-7-12-19/h2-7,9-12,17,20-21,31-32H,8,13-16H2,1H3,(H,25,27)(H,29,30)/t17-,20?,21-/m1/s1. The lowest BCUT2D eigenvalue weighted by molar-refractivity contribution is -0.149. The van der Waals surface area contributed by atoms with Gasteiger partial charge in [-0.3, -0.25) is 9.59 Å². The zero-order valence-electron chi connectivity index (χ0n) is 18.6. The number of rotatable bonds is 9. The number of nitrogens with zero attached hydrogens (tertiary/aromatic N) is 1. The maximum Gasteiger partial charge on any atom is 0.356 e. The predicted octanol–water partition coefficient (Wildman–Crippen LogP) is 1.71. The average molecular weight is 471 g/mol. The summed E-state index contributed by atoms with van der Waals surface area (Å²) in [6.45, 7) is 1.91. The first kappa shape index (κ1) is 24.6. The number of hydrogen-bond acceptors (Lipinski definition) is 5. The van der Waals surface area contributed by atoms with Crippen molar-refractivity contribution in [2.24, 2.45) is 5.92 Å². The van der Waals surface area contributed by atoms with E-state index >= 15 is 0 Å². The number of likely N-dealkylation sites (tertiary alicyclic amines) is 1. The molecule has 0 aromatic heterocycles. The van der Waals surface area contributed by atoms with E-state index in [9.17, 15) is 29.1 Å². The normalized spacial score (nSPS) is 17.9. The van der Waals surface area contributed by atoms with Crippen LogP contribution in [0.4, 0.5) is 0 Å². The van der Waals surface area contributed by atoms with Gasteiger partial charge in [-0.2, -0.15) is 0 Å². The molecule has 9 heteroatoms. The molecule has 1 aliphatic heterocycles. The highest BCUT2D eigenvalue weighted by molar-refractivity contribution is 6.67. The molecule has 0 radical (unpaired) electrons. The molecule has 1 heterocycles. The summed E-state index contributed by atoms with van der Waals surface area (Å²) >= 11 is 0. The molecular formula is C24H30N2O6Si. The summed E-state index contributed by atoms with van der Waals surface area (Å²) in [5.74, 6) is -2.69. The number of carboxylic acids is 1. The first-order valence-electron chi connectivity index (χ1n) is 11.1. The largest absolute Gasteiger partial charge is 0.480 e. The summed E-state index contributed by atoms with van der Waals surface area (Å²) in [6, 6.07) is 16.6. The monoisotopic (exact) mass is 470 g/mol. The molecule has 4 N–H and O–H groups in total. The molecule has 0 saturated carbocycles. The van der Waals surface area contributed by atoms with Gasteiger partial charge in [-0.1, -0.05) is 55.5 Å². The lowest BCUT2D eigenvalue weighted by Crippen LogP contribution is -2.60. The third-order valence-electron chi connectivity index (χ3n) is 6.03. The molecule has 1 unspecified atom stereocenters. The van der Waals surface area contributed by atoms with Crippen LogP contribution in [0.15, 0.2) is 60.7 Å². The van der Waals surface area contributed by atoms with Crippen molar-refractivity contribution in [3.8, 4) is 0 Å². The Labute approximate surface area is 194 Å². The lowest BCUT2D eigenvalue weighted by atomic mass is 10.1. The van der Waals surface area contributed by atoms with Gasteiger partial charge in [0.25, 0.3) is 5.91 Å². The lowest BCUT2D eigenvalue weighted by Gasteiger charge is -2.32. The first-order chi connectivity index (χ1) is 15.7. The van der Waals surface area contributed by atoms with Crippen LogP contribution in [0.25, 0.3) is 0 Å². The highest BCUT2D eigenvalue weighted by Crippen LogP contribution is 2.25. The SMILES string of the molecule is C[C@H](C[Si](O)(O)[C@H](Cc1ccccc1)NC(=O)c1ccccc1)C(=O)N1CCCC1C(=O)O. The second-order valence-electron chi connectivity index (χ2n) is 8.59. The fraction of sp³-hybridized carbons (Fsp3) is 0.375. The topological polar surface area (TPSA) is 127 Å². The van der Waals surface area contributed by atoms with Crippen LogP contribution < -0.4 is 5.32 Å². The Bertz CT molecular complexity index is 969. The number of benzene rings is 2. The molecule has 0 bridgehead atoms. The van der Waals surface area contributed by atoms with Gasteiger partial charge in [-0.25, -0.2) is 4.79 Å². The molecule has 1 fully saturated rings. The highest BCUT2D eigenvalue weighted by atomic mass is 28.4. The second-order valence-corrected chi connectivity index (χ2v) is 11.5. The zero-order chi connectivity index (χ0) is 24.0. The molecule has 0 aliphatic carbocycles. The average Bonchev–Trinajstić information content (AvgIpc) is 3.29. The molecule has 8 nitrogen and oxygen atoms in total. The molecule has 3 rings (SSSR count). The molecule has 1 aliphatic rings. The maximum absolute atomic E-state index is 12.9. The summed E-state index contributed by atoms with van der Waals surface area (Å²) in [5, 5.41) is 12.1. The van der Waals surface area contributed by atoms with Crippen molar-refractivity contribution in [2.75, 3.05) is 6.54 Å². The first-order valence-corrected chi connectivity index (χ1v) is 13.2. The van der Waals surface area contributed by atoms with E-state index in [2.05, 4.69) is 5.32 Å². The van der Waals surface area contributed by atoms with Crippen molar-refractivity contribution in [1.29, 1.82) is 0 Å². The van der Waals surface area contributed by atoms with Gasteiger partial charge in [0.1, 0.15) is 6.04 Å². The predicted molar refractivity (Wildman–Crippen MR) is 124 cm³/mol. The second kappa shape index (κ2) is 10.7. The fourth-order valence-corrected chi connectivity index (χ4v) is 6.55. The quantitative estimate of drug-likeness (QED) is 0.413. The summed E-state index contributed by atoms with van der Waals surface area (Å²) < 4.78 is 0. The molecule has 176 valence electrons. The summed E-state index contributed by atoms with van der Waals surface area (Å²) in [6.07, 6.45) is 1.18. The minimum Gasteiger partial charge on any atom is -0.480 e. The van der Waals surface area contributed by atoms with E-state index in [0.29, 0.717) is 24.9 Å². The Morgan fingerprint density at radius 3 is 2.27 bits per heavy atom. The van der Waals surface area contributed by atoms with E-state index in [1.54, 1.807) is 37.3 Å². The van der Waals surface area contributed by atoms with E-state index in [-0.39, 0.29) is 12.5 Å². The Balaban J connectivity index is 1.77. The van der Waals surface area contributed by atoms with E-state index in [0.717, 1.165) is 5.56 Å². The Morgan fingerprint density at radius 1 is 1.06 bits per heavy atom. The number of hydrogen-bond donors (Lipinski definition) is 4. The summed E-state index contributed by atoms with van der Waals surface area (Å²) in [7, 11) is -4.16. The molecular weight excluding hydrogens is 440 g/mol. The minimum atomic E-state index is -4.16. The molecule has 1 saturated heterocycles. The molecule has 2 aromatic rings. The zero-order valence-corrected chi connectivity index (χ0v) is 19.6. The van der Waals surface area contributed by atoms with Gasteiger partial charge < -0.3 is 24.9 Å². The number of carbonyl (C=O) groups excluding carboxylic acids is 2. The van der Waals surface area contributed by atoms with Crippen LogP contribution in [0.2, 0.25) is 6.04 Å². The molecule has 3 atom stereocenters. The third-order valence-corrected chi connectivity index (χ3v) is 8.71. The molecule has 0 spiro atoms. The maximum atomic E-state index is 12.9. The third kappa shape index (κ3) is 6.28. The van der Waals surface area contributed by atoms with Gasteiger partial charge >= 0.3 is 14.5 Å². The Kier molecular flexibility index (Phi) is 8.01. The number of aliphatic carboxylic acids is 1. The molecule has 2 amide bonds. The van der Waals surface area contributed by atoms with Crippen LogP contribution in [0.3, 0.4) is 0 Å². The Hall–Kier alpha value is -3.01. The van der Waals surface area contributed by atoms with Crippen molar-refractivity contribution in [3.05, 3.63) is 71.8 Å². The van der Waals surface area contributed by atoms with Crippen molar-refractivity contribution >= 4 is 26.3 Å². The van der Waals surface area contributed by atoms with Crippen molar-refractivity contribution < 1.29 is 29.1 Å². The van der Waals surface area contributed by atoms with E-state index < -0.39 is 44.0 Å². The van der Waals surface area contributed by atoms with Crippen LogP contribution >= 0.6 is 0 Å². The van der Waals surface area contributed by atoms with E-state index in [4.69, 9.17) is 0 Å². The highest BCUT2D eigenvalue weighted by Gasteiger charge is 2.45.